The zero-order chi connectivity index (χ0) is 33.8. The third-order valence-electron chi connectivity index (χ3n) is 8.23. The topological polar surface area (TPSA) is 146 Å². The van der Waals surface area contributed by atoms with Gasteiger partial charge in [-0.1, -0.05) is 77.9 Å². The molecule has 242 valence electrons. The van der Waals surface area contributed by atoms with E-state index < -0.39 is 10.0 Å². The number of fused-ring (bicyclic) bond motifs is 1. The first-order valence-corrected chi connectivity index (χ1v) is 16.9. The number of carbonyl (C=O) groups excluding carboxylic acids is 1. The first-order valence-electron chi connectivity index (χ1n) is 15.4. The summed E-state index contributed by atoms with van der Waals surface area (Å²) in [4.78, 5) is 18.4. The molecule has 48 heavy (non-hydrogen) atoms. The Balaban J connectivity index is 1.14. The highest BCUT2D eigenvalue weighted by Crippen LogP contribution is 2.33. The van der Waals surface area contributed by atoms with Crippen LogP contribution in [0.5, 0.6) is 0 Å². The van der Waals surface area contributed by atoms with E-state index in [-0.39, 0.29) is 17.2 Å². The molecule has 1 aliphatic carbocycles. The fourth-order valence-electron chi connectivity index (χ4n) is 5.92. The molecule has 0 spiro atoms. The molecule has 0 aliphatic heterocycles. The van der Waals surface area contributed by atoms with Crippen LogP contribution in [0.1, 0.15) is 36.6 Å². The number of azide groups is 1. The van der Waals surface area contributed by atoms with Gasteiger partial charge in [-0.3, -0.25) is 4.79 Å². The van der Waals surface area contributed by atoms with E-state index in [2.05, 4.69) is 32.0 Å². The van der Waals surface area contributed by atoms with Crippen molar-refractivity contribution in [3.8, 4) is 5.69 Å². The number of hydrogen-bond acceptors (Lipinski definition) is 7. The summed E-state index contributed by atoms with van der Waals surface area (Å²) in [5, 5.41) is 13.5. The van der Waals surface area contributed by atoms with Crippen molar-refractivity contribution in [3.05, 3.63) is 130 Å². The lowest BCUT2D eigenvalue weighted by molar-refractivity contribution is -0.113. The summed E-state index contributed by atoms with van der Waals surface area (Å²) < 4.78 is 30.9. The number of sulfonamides is 1. The second-order valence-electron chi connectivity index (χ2n) is 12.1. The molecule has 6 rings (SSSR count). The largest absolute Gasteiger partial charge is 0.377 e. The maximum atomic E-state index is 13.4. The van der Waals surface area contributed by atoms with E-state index >= 15 is 0 Å². The van der Waals surface area contributed by atoms with E-state index in [1.807, 2.05) is 91.8 Å². The highest BCUT2D eigenvalue weighted by Gasteiger charge is 2.25. The van der Waals surface area contributed by atoms with Gasteiger partial charge in [-0.2, -0.15) is 0 Å². The molecular weight excluding hydrogens is 625 g/mol. The minimum Gasteiger partial charge on any atom is -0.377 e. The van der Waals surface area contributed by atoms with Crippen LogP contribution in [-0.2, 0) is 21.4 Å². The Kier molecular flexibility index (Phi) is 9.22. The van der Waals surface area contributed by atoms with Crippen LogP contribution in [0.25, 0.3) is 39.1 Å². The van der Waals surface area contributed by atoms with E-state index in [1.54, 1.807) is 35.1 Å². The predicted molar refractivity (Wildman–Crippen MR) is 188 cm³/mol. The van der Waals surface area contributed by atoms with Crippen LogP contribution < -0.4 is 9.62 Å². The molecule has 1 aliphatic rings. The molecule has 1 saturated carbocycles. The zero-order valence-electron chi connectivity index (χ0n) is 26.8. The molecule has 0 amide bonds. The lowest BCUT2D eigenvalue weighted by Gasteiger charge is -2.22. The molecule has 1 atom stereocenters. The third kappa shape index (κ3) is 7.06. The van der Waals surface area contributed by atoms with Crippen LogP contribution in [0.2, 0.25) is 0 Å². The summed E-state index contributed by atoms with van der Waals surface area (Å²) in [7, 11) is 0.0116. The van der Waals surface area contributed by atoms with Gasteiger partial charge < -0.3 is 4.90 Å². The SMILES string of the molecule is CC1C/C(=C\c2ccc(N=[N+]=[N-])cc2)C(=O)/C(=C/c2ccc(-n3cc(CNS(=O)(=O)c4cccc5c(N(C)C)cccc45)nn3)cc2)C1. The average Bonchev–Trinajstić information content (AvgIpc) is 3.56. The van der Waals surface area contributed by atoms with Crippen LogP contribution in [0, 0.1) is 5.92 Å². The number of allylic oxidation sites excluding steroid dienone is 2. The summed E-state index contributed by atoms with van der Waals surface area (Å²) in [6.45, 7) is 2.11. The first-order chi connectivity index (χ1) is 23.1. The zero-order valence-corrected chi connectivity index (χ0v) is 27.6. The smallest absolute Gasteiger partial charge is 0.241 e. The molecule has 0 saturated heterocycles. The molecule has 1 heterocycles. The second kappa shape index (κ2) is 13.7. The van der Waals surface area contributed by atoms with Crippen molar-refractivity contribution in [1.29, 1.82) is 0 Å². The molecule has 1 unspecified atom stereocenters. The lowest BCUT2D eigenvalue weighted by atomic mass is 9.81. The number of Topliss-reactive ketones (excluding diaryl/α,β-unsaturated/α-hetero) is 1. The number of ketones is 1. The highest BCUT2D eigenvalue weighted by atomic mass is 32.2. The number of carbonyl (C=O) groups is 1. The third-order valence-corrected chi connectivity index (χ3v) is 9.69. The van der Waals surface area contributed by atoms with Crippen molar-refractivity contribution in [2.45, 2.75) is 31.2 Å². The Morgan fingerprint density at radius 2 is 1.56 bits per heavy atom. The number of anilines is 1. The number of nitrogens with zero attached hydrogens (tertiary/aromatic N) is 7. The van der Waals surface area contributed by atoms with Crippen molar-refractivity contribution < 1.29 is 13.2 Å². The fourth-order valence-corrected chi connectivity index (χ4v) is 7.14. The Bertz CT molecular complexity index is 2210. The van der Waals surface area contributed by atoms with Gasteiger partial charge in [-0.05, 0) is 71.8 Å². The Hall–Kier alpha value is -5.55. The van der Waals surface area contributed by atoms with E-state index in [4.69, 9.17) is 5.53 Å². The van der Waals surface area contributed by atoms with Gasteiger partial charge in [-0.15, -0.1) is 5.10 Å². The minimum atomic E-state index is -3.84. The highest BCUT2D eigenvalue weighted by molar-refractivity contribution is 7.89. The maximum absolute atomic E-state index is 13.4. The van der Waals surface area contributed by atoms with E-state index in [0.29, 0.717) is 35.5 Å². The van der Waals surface area contributed by atoms with Crippen molar-refractivity contribution in [2.24, 2.45) is 11.0 Å². The molecule has 11 nitrogen and oxygen atoms in total. The molecule has 12 heteroatoms. The quantitative estimate of drug-likeness (QED) is 0.0757. The van der Waals surface area contributed by atoms with Gasteiger partial charge in [0.15, 0.2) is 5.78 Å². The molecular formula is C36H34N8O3S. The summed E-state index contributed by atoms with van der Waals surface area (Å²) in [5.41, 5.74) is 14.5. The van der Waals surface area contributed by atoms with Crippen LogP contribution in [0.15, 0.2) is 112 Å². The van der Waals surface area contributed by atoms with Gasteiger partial charge in [0.2, 0.25) is 10.0 Å². The maximum Gasteiger partial charge on any atom is 0.241 e. The monoisotopic (exact) mass is 658 g/mol. The van der Waals surface area contributed by atoms with Crippen molar-refractivity contribution >= 4 is 50.1 Å². The first kappa shape index (κ1) is 32.4. The number of nitrogens with one attached hydrogen (secondary N) is 1. The number of hydrogen-bond donors (Lipinski definition) is 1. The van der Waals surface area contributed by atoms with E-state index in [9.17, 15) is 13.2 Å². The molecule has 4 aromatic carbocycles. The van der Waals surface area contributed by atoms with Crippen molar-refractivity contribution in [2.75, 3.05) is 19.0 Å². The second-order valence-corrected chi connectivity index (χ2v) is 13.8. The Labute approximate surface area is 278 Å². The number of aromatic nitrogens is 3. The minimum absolute atomic E-state index is 0.0234. The Morgan fingerprint density at radius 1 is 0.938 bits per heavy atom. The van der Waals surface area contributed by atoms with Gasteiger partial charge in [0, 0.05) is 52.3 Å². The normalized spacial score (nSPS) is 16.7. The standard InChI is InChI=1S/C36H34N8O3S/c1-24-18-27(20-25-10-14-29(15-11-25)39-41-37)36(45)28(19-24)21-26-12-16-31(17-13-26)44-23-30(40-42-44)22-38-48(46,47)35-9-5-6-32-33(35)7-4-8-34(32)43(2)3/h4-17,20-21,23-24,38H,18-19,22H2,1-3H3/b27-20+,28-21+. The predicted octanol–water partition coefficient (Wildman–Crippen LogP) is 7.37. The fraction of sp³-hybridized carbons (Fsp3) is 0.194. The van der Waals surface area contributed by atoms with E-state index in [0.717, 1.165) is 39.0 Å². The molecule has 0 bridgehead atoms. The van der Waals surface area contributed by atoms with Gasteiger partial charge in [0.25, 0.3) is 0 Å². The lowest BCUT2D eigenvalue weighted by Crippen LogP contribution is -2.23. The van der Waals surface area contributed by atoms with Crippen LogP contribution >= 0.6 is 0 Å². The molecule has 1 aromatic heterocycles. The Morgan fingerprint density at radius 3 is 2.21 bits per heavy atom. The van der Waals surface area contributed by atoms with Crippen LogP contribution in [0.4, 0.5) is 11.4 Å². The van der Waals surface area contributed by atoms with Gasteiger partial charge in [-0.25, -0.2) is 17.8 Å². The summed E-state index contributed by atoms with van der Waals surface area (Å²) >= 11 is 0. The summed E-state index contributed by atoms with van der Waals surface area (Å²) in [6.07, 6.45) is 6.89. The molecule has 1 N–H and O–H groups in total. The summed E-state index contributed by atoms with van der Waals surface area (Å²) in [6, 6.07) is 25.6. The molecule has 5 aromatic rings. The van der Waals surface area contributed by atoms with Crippen LogP contribution in [0.3, 0.4) is 0 Å². The number of benzene rings is 4. The van der Waals surface area contributed by atoms with Gasteiger partial charge >= 0.3 is 0 Å². The molecule has 1 fully saturated rings. The number of rotatable bonds is 9. The van der Waals surface area contributed by atoms with Crippen molar-refractivity contribution in [1.82, 2.24) is 19.7 Å². The molecule has 0 radical (unpaired) electrons. The van der Waals surface area contributed by atoms with Crippen LogP contribution in [-0.4, -0.2) is 43.3 Å². The van der Waals surface area contributed by atoms with Gasteiger partial charge in [0.05, 0.1) is 29.0 Å². The average molecular weight is 659 g/mol. The van der Waals surface area contributed by atoms with Gasteiger partial charge in [0.1, 0.15) is 0 Å². The summed E-state index contributed by atoms with van der Waals surface area (Å²) in [5.74, 6) is 0.338. The van der Waals surface area contributed by atoms with E-state index in [1.165, 1.54) is 0 Å². The van der Waals surface area contributed by atoms with Crippen molar-refractivity contribution in [3.63, 3.8) is 0 Å².